The lowest BCUT2D eigenvalue weighted by molar-refractivity contribution is 0.199. The number of aliphatic hydroxyl groups is 1. The number of hydrogen-bond donors (Lipinski definition) is 1. The molecule has 0 radical (unpaired) electrons. The maximum atomic E-state index is 13.7. The van der Waals surface area contributed by atoms with Crippen molar-refractivity contribution < 1.29 is 14.2 Å². The van der Waals surface area contributed by atoms with Crippen molar-refractivity contribution in [2.45, 2.75) is 13.0 Å². The van der Waals surface area contributed by atoms with Crippen molar-refractivity contribution in [3.8, 4) is 17.6 Å². The van der Waals surface area contributed by atoms with Crippen LogP contribution in [0.2, 0.25) is 5.02 Å². The summed E-state index contributed by atoms with van der Waals surface area (Å²) >= 11 is 6.00. The Hall–Kier alpha value is -2.09. The third kappa shape index (κ3) is 3.08. The van der Waals surface area contributed by atoms with E-state index in [1.165, 1.54) is 18.2 Å². The van der Waals surface area contributed by atoms with Crippen molar-refractivity contribution in [2.75, 3.05) is 0 Å². The highest BCUT2D eigenvalue weighted by Crippen LogP contribution is 2.31. The number of nitriles is 1. The van der Waals surface area contributed by atoms with Gasteiger partial charge < -0.3 is 9.84 Å². The first-order valence-corrected chi connectivity index (χ1v) is 6.24. The second-order valence-electron chi connectivity index (χ2n) is 4.22. The van der Waals surface area contributed by atoms with Crippen LogP contribution in [0.3, 0.4) is 0 Å². The zero-order valence-electron chi connectivity index (χ0n) is 10.6. The molecular weight excluding hydrogens is 281 g/mol. The fourth-order valence-corrected chi connectivity index (χ4v) is 2.02. The molecule has 0 saturated carbocycles. The lowest BCUT2D eigenvalue weighted by Gasteiger charge is -2.11. The van der Waals surface area contributed by atoms with Gasteiger partial charge in [0.25, 0.3) is 0 Å². The summed E-state index contributed by atoms with van der Waals surface area (Å²) in [5, 5.41) is 18.5. The normalized spacial score (nSPS) is 11.8. The topological polar surface area (TPSA) is 53.2 Å². The van der Waals surface area contributed by atoms with E-state index < -0.39 is 11.9 Å². The molecule has 0 aromatic heterocycles. The van der Waals surface area contributed by atoms with Crippen LogP contribution in [0.25, 0.3) is 0 Å². The first kappa shape index (κ1) is 14.3. The van der Waals surface area contributed by atoms with Gasteiger partial charge in [-0.05, 0) is 42.8 Å². The third-order valence-electron chi connectivity index (χ3n) is 2.71. The molecule has 0 saturated heterocycles. The van der Waals surface area contributed by atoms with Crippen LogP contribution in [0.1, 0.15) is 24.2 Å². The molecule has 2 rings (SSSR count). The number of aliphatic hydroxyl groups excluding tert-OH is 1. The largest absolute Gasteiger partial charge is 0.454 e. The molecule has 1 N–H and O–H groups in total. The van der Waals surface area contributed by atoms with E-state index in [4.69, 9.17) is 21.6 Å². The number of benzene rings is 2. The quantitative estimate of drug-likeness (QED) is 0.922. The summed E-state index contributed by atoms with van der Waals surface area (Å²) < 4.78 is 19.1. The molecule has 3 nitrogen and oxygen atoms in total. The van der Waals surface area contributed by atoms with Crippen LogP contribution in [-0.4, -0.2) is 5.11 Å². The number of ether oxygens (including phenoxy) is 1. The molecule has 102 valence electrons. The summed E-state index contributed by atoms with van der Waals surface area (Å²) in [7, 11) is 0. The Morgan fingerprint density at radius 3 is 2.60 bits per heavy atom. The van der Waals surface area contributed by atoms with Gasteiger partial charge in [-0.2, -0.15) is 5.26 Å². The summed E-state index contributed by atoms with van der Waals surface area (Å²) in [6.07, 6.45) is -0.691. The molecule has 2 aromatic carbocycles. The van der Waals surface area contributed by atoms with Crippen molar-refractivity contribution in [3.63, 3.8) is 0 Å². The SMILES string of the molecule is CC(O)c1ccc(Oc2ccc(C#N)cc2F)cc1Cl. The Balaban J connectivity index is 2.27. The van der Waals surface area contributed by atoms with Crippen LogP contribution in [-0.2, 0) is 0 Å². The number of halogens is 2. The van der Waals surface area contributed by atoms with Crippen LogP contribution < -0.4 is 4.74 Å². The average Bonchev–Trinajstić information content (AvgIpc) is 2.40. The van der Waals surface area contributed by atoms with Crippen LogP contribution >= 0.6 is 11.6 Å². The van der Waals surface area contributed by atoms with E-state index in [0.29, 0.717) is 16.3 Å². The summed E-state index contributed by atoms with van der Waals surface area (Å²) in [6.45, 7) is 1.60. The van der Waals surface area contributed by atoms with E-state index in [0.717, 1.165) is 6.07 Å². The molecule has 1 unspecified atom stereocenters. The second-order valence-corrected chi connectivity index (χ2v) is 4.63. The van der Waals surface area contributed by atoms with Gasteiger partial charge in [-0.15, -0.1) is 0 Å². The Labute approximate surface area is 120 Å². The van der Waals surface area contributed by atoms with E-state index in [9.17, 15) is 9.50 Å². The number of rotatable bonds is 3. The smallest absolute Gasteiger partial charge is 0.167 e. The minimum atomic E-state index is -0.691. The molecule has 1 atom stereocenters. The molecule has 2 aromatic rings. The zero-order valence-corrected chi connectivity index (χ0v) is 11.4. The van der Waals surface area contributed by atoms with E-state index >= 15 is 0 Å². The maximum Gasteiger partial charge on any atom is 0.167 e. The van der Waals surface area contributed by atoms with E-state index in [-0.39, 0.29) is 11.3 Å². The maximum absolute atomic E-state index is 13.7. The van der Waals surface area contributed by atoms with Crippen molar-refractivity contribution >= 4 is 11.6 Å². The van der Waals surface area contributed by atoms with Crippen LogP contribution in [0.15, 0.2) is 36.4 Å². The van der Waals surface area contributed by atoms with Crippen LogP contribution in [0.4, 0.5) is 4.39 Å². The van der Waals surface area contributed by atoms with Gasteiger partial charge in [-0.25, -0.2) is 4.39 Å². The zero-order chi connectivity index (χ0) is 14.7. The summed E-state index contributed by atoms with van der Waals surface area (Å²) in [5.41, 5.74) is 0.789. The predicted octanol–water partition coefficient (Wildman–Crippen LogP) is 4.20. The van der Waals surface area contributed by atoms with Crippen molar-refractivity contribution in [1.29, 1.82) is 5.26 Å². The van der Waals surface area contributed by atoms with Gasteiger partial charge in [0.2, 0.25) is 0 Å². The molecule has 0 aliphatic heterocycles. The van der Waals surface area contributed by atoms with Crippen molar-refractivity contribution in [2.24, 2.45) is 0 Å². The summed E-state index contributed by atoms with van der Waals surface area (Å²) in [4.78, 5) is 0. The Kier molecular flexibility index (Phi) is 4.23. The fraction of sp³-hybridized carbons (Fsp3) is 0.133. The molecule has 0 amide bonds. The van der Waals surface area contributed by atoms with Gasteiger partial charge in [0.15, 0.2) is 11.6 Å². The number of hydrogen-bond acceptors (Lipinski definition) is 3. The highest BCUT2D eigenvalue weighted by Gasteiger charge is 2.10. The minimum Gasteiger partial charge on any atom is -0.454 e. The molecule has 0 aliphatic rings. The highest BCUT2D eigenvalue weighted by atomic mass is 35.5. The first-order valence-electron chi connectivity index (χ1n) is 5.86. The molecule has 20 heavy (non-hydrogen) atoms. The fourth-order valence-electron chi connectivity index (χ4n) is 1.69. The second kappa shape index (κ2) is 5.91. The molecule has 0 heterocycles. The van der Waals surface area contributed by atoms with Crippen molar-refractivity contribution in [3.05, 3.63) is 58.4 Å². The lowest BCUT2D eigenvalue weighted by atomic mass is 10.1. The van der Waals surface area contributed by atoms with Crippen LogP contribution in [0.5, 0.6) is 11.5 Å². The van der Waals surface area contributed by atoms with E-state index in [1.807, 2.05) is 6.07 Å². The van der Waals surface area contributed by atoms with Gasteiger partial charge >= 0.3 is 0 Å². The van der Waals surface area contributed by atoms with Gasteiger partial charge in [0, 0.05) is 0 Å². The van der Waals surface area contributed by atoms with Crippen LogP contribution in [0, 0.1) is 17.1 Å². The monoisotopic (exact) mass is 291 g/mol. The Bertz CT molecular complexity index is 680. The van der Waals surface area contributed by atoms with Gasteiger partial charge in [0.05, 0.1) is 22.8 Å². The summed E-state index contributed by atoms with van der Waals surface area (Å²) in [6, 6.07) is 10.5. The van der Waals surface area contributed by atoms with E-state index in [2.05, 4.69) is 0 Å². The predicted molar refractivity (Wildman–Crippen MR) is 73.3 cm³/mol. The minimum absolute atomic E-state index is 0.00450. The van der Waals surface area contributed by atoms with Gasteiger partial charge in [-0.3, -0.25) is 0 Å². The molecule has 0 spiro atoms. The molecule has 0 bridgehead atoms. The average molecular weight is 292 g/mol. The molecule has 0 fully saturated rings. The lowest BCUT2D eigenvalue weighted by Crippen LogP contribution is -1.94. The standard InChI is InChI=1S/C15H11ClFNO2/c1-9(19)12-4-3-11(7-13(12)16)20-15-5-2-10(8-18)6-14(15)17/h2-7,9,19H,1H3. The molecule has 5 heteroatoms. The van der Waals surface area contributed by atoms with Crippen molar-refractivity contribution in [1.82, 2.24) is 0 Å². The highest BCUT2D eigenvalue weighted by molar-refractivity contribution is 6.31. The van der Waals surface area contributed by atoms with Gasteiger partial charge in [-0.1, -0.05) is 17.7 Å². The number of nitrogens with zero attached hydrogens (tertiary/aromatic N) is 1. The van der Waals surface area contributed by atoms with Gasteiger partial charge in [0.1, 0.15) is 5.75 Å². The Morgan fingerprint density at radius 2 is 2.05 bits per heavy atom. The summed E-state index contributed by atoms with van der Waals surface area (Å²) in [5.74, 6) is -0.271. The molecular formula is C15H11ClFNO2. The Morgan fingerprint density at radius 1 is 1.30 bits per heavy atom. The third-order valence-corrected chi connectivity index (χ3v) is 3.04. The first-order chi connectivity index (χ1) is 9.51. The molecule has 0 aliphatic carbocycles. The van der Waals surface area contributed by atoms with E-state index in [1.54, 1.807) is 19.1 Å².